The Hall–Kier alpha value is -1.26. The Bertz CT molecular complexity index is 292. The SMILES string of the molecule is O=C(NC1(C(=O)O)CCCC1)N1CCCC1. The minimum absolute atomic E-state index is 0.207. The first-order valence-electron chi connectivity index (χ1n) is 5.95. The van der Waals surface area contributed by atoms with Crippen molar-refractivity contribution in [1.29, 1.82) is 0 Å². The van der Waals surface area contributed by atoms with Gasteiger partial charge >= 0.3 is 12.0 Å². The second kappa shape index (κ2) is 4.31. The van der Waals surface area contributed by atoms with Crippen LogP contribution in [0.1, 0.15) is 38.5 Å². The fourth-order valence-electron chi connectivity index (χ4n) is 2.57. The Labute approximate surface area is 94.8 Å². The monoisotopic (exact) mass is 226 g/mol. The average molecular weight is 226 g/mol. The van der Waals surface area contributed by atoms with Crippen LogP contribution in [0.4, 0.5) is 4.79 Å². The topological polar surface area (TPSA) is 69.6 Å². The number of rotatable bonds is 2. The summed E-state index contributed by atoms with van der Waals surface area (Å²) in [6, 6.07) is -0.207. The van der Waals surface area contributed by atoms with E-state index in [1.165, 1.54) is 0 Å². The van der Waals surface area contributed by atoms with Gasteiger partial charge in [-0.1, -0.05) is 12.8 Å². The number of likely N-dealkylation sites (tertiary alicyclic amines) is 1. The largest absolute Gasteiger partial charge is 0.480 e. The molecule has 0 radical (unpaired) electrons. The zero-order chi connectivity index (χ0) is 11.6. The van der Waals surface area contributed by atoms with Crippen molar-refractivity contribution in [3.05, 3.63) is 0 Å². The number of hydrogen-bond acceptors (Lipinski definition) is 2. The number of carboxylic acids is 1. The van der Waals surface area contributed by atoms with E-state index < -0.39 is 11.5 Å². The Morgan fingerprint density at radius 2 is 1.62 bits per heavy atom. The Kier molecular flexibility index (Phi) is 3.03. The highest BCUT2D eigenvalue weighted by molar-refractivity contribution is 5.86. The normalized spacial score (nSPS) is 23.4. The van der Waals surface area contributed by atoms with Crippen LogP contribution in [0.25, 0.3) is 0 Å². The smallest absolute Gasteiger partial charge is 0.329 e. The van der Waals surface area contributed by atoms with Gasteiger partial charge in [0.2, 0.25) is 0 Å². The summed E-state index contributed by atoms with van der Waals surface area (Å²) in [5.41, 5.74) is -1.00. The van der Waals surface area contributed by atoms with Gasteiger partial charge in [-0.3, -0.25) is 0 Å². The molecule has 5 nitrogen and oxygen atoms in total. The number of carbonyl (C=O) groups excluding carboxylic acids is 1. The Morgan fingerprint density at radius 3 is 2.12 bits per heavy atom. The lowest BCUT2D eigenvalue weighted by molar-refractivity contribution is -0.144. The molecule has 1 saturated heterocycles. The molecule has 0 unspecified atom stereocenters. The molecule has 0 bridgehead atoms. The van der Waals surface area contributed by atoms with Gasteiger partial charge in [-0.05, 0) is 25.7 Å². The number of amides is 2. The van der Waals surface area contributed by atoms with Crippen LogP contribution in [0.3, 0.4) is 0 Å². The fourth-order valence-corrected chi connectivity index (χ4v) is 2.57. The molecule has 2 amide bonds. The first kappa shape index (κ1) is 11.2. The van der Waals surface area contributed by atoms with E-state index >= 15 is 0 Å². The van der Waals surface area contributed by atoms with Crippen molar-refractivity contribution >= 4 is 12.0 Å². The van der Waals surface area contributed by atoms with E-state index in [0.29, 0.717) is 12.8 Å². The molecular weight excluding hydrogens is 208 g/mol. The summed E-state index contributed by atoms with van der Waals surface area (Å²) in [4.78, 5) is 24.8. The molecule has 5 heteroatoms. The van der Waals surface area contributed by atoms with Crippen molar-refractivity contribution in [3.63, 3.8) is 0 Å². The van der Waals surface area contributed by atoms with E-state index in [9.17, 15) is 14.7 Å². The summed E-state index contributed by atoms with van der Waals surface area (Å²) < 4.78 is 0. The zero-order valence-corrected chi connectivity index (χ0v) is 9.37. The predicted molar refractivity (Wildman–Crippen MR) is 58.2 cm³/mol. The van der Waals surface area contributed by atoms with Gasteiger partial charge in [0, 0.05) is 13.1 Å². The van der Waals surface area contributed by atoms with Crippen molar-refractivity contribution in [1.82, 2.24) is 10.2 Å². The summed E-state index contributed by atoms with van der Waals surface area (Å²) >= 11 is 0. The van der Waals surface area contributed by atoms with Crippen molar-refractivity contribution in [2.24, 2.45) is 0 Å². The van der Waals surface area contributed by atoms with Gasteiger partial charge in [0.1, 0.15) is 5.54 Å². The number of urea groups is 1. The summed E-state index contributed by atoms with van der Waals surface area (Å²) in [5, 5.41) is 11.9. The number of aliphatic carboxylic acids is 1. The van der Waals surface area contributed by atoms with Crippen LogP contribution >= 0.6 is 0 Å². The van der Waals surface area contributed by atoms with Crippen molar-refractivity contribution in [2.75, 3.05) is 13.1 Å². The summed E-state index contributed by atoms with van der Waals surface area (Å²) in [7, 11) is 0. The molecule has 0 aromatic carbocycles. The number of nitrogens with one attached hydrogen (secondary N) is 1. The number of carbonyl (C=O) groups is 2. The van der Waals surface area contributed by atoms with Gasteiger partial charge in [-0.15, -0.1) is 0 Å². The molecule has 1 aliphatic carbocycles. The predicted octanol–water partition coefficient (Wildman–Crippen LogP) is 1.19. The third-order valence-corrected chi connectivity index (χ3v) is 3.61. The number of hydrogen-bond donors (Lipinski definition) is 2. The molecule has 0 atom stereocenters. The molecule has 2 aliphatic rings. The molecule has 1 saturated carbocycles. The maximum atomic E-state index is 11.9. The molecule has 0 aromatic rings. The maximum absolute atomic E-state index is 11.9. The Morgan fingerprint density at radius 1 is 1.06 bits per heavy atom. The third kappa shape index (κ3) is 1.99. The van der Waals surface area contributed by atoms with Crippen LogP contribution in [-0.2, 0) is 4.79 Å². The van der Waals surface area contributed by atoms with Gasteiger partial charge in [0.15, 0.2) is 0 Å². The van der Waals surface area contributed by atoms with Gasteiger partial charge in [0.05, 0.1) is 0 Å². The fraction of sp³-hybridized carbons (Fsp3) is 0.818. The molecule has 0 spiro atoms. The summed E-state index contributed by atoms with van der Waals surface area (Å²) in [6.07, 6.45) is 4.92. The van der Waals surface area contributed by atoms with E-state index in [1.807, 2.05) is 0 Å². The van der Waals surface area contributed by atoms with Crippen molar-refractivity contribution < 1.29 is 14.7 Å². The minimum atomic E-state index is -1.00. The highest BCUT2D eigenvalue weighted by Gasteiger charge is 2.43. The molecule has 0 aromatic heterocycles. The molecule has 2 rings (SSSR count). The number of nitrogens with zero attached hydrogens (tertiary/aromatic N) is 1. The molecule has 2 N–H and O–H groups in total. The van der Waals surface area contributed by atoms with Crippen LogP contribution in [0.15, 0.2) is 0 Å². The summed E-state index contributed by atoms with van der Waals surface area (Å²) in [5.74, 6) is -0.891. The molecular formula is C11H18N2O3. The third-order valence-electron chi connectivity index (χ3n) is 3.61. The van der Waals surface area contributed by atoms with Crippen LogP contribution < -0.4 is 5.32 Å². The zero-order valence-electron chi connectivity index (χ0n) is 9.37. The van der Waals surface area contributed by atoms with Crippen LogP contribution in [-0.4, -0.2) is 40.6 Å². The lowest BCUT2D eigenvalue weighted by atomic mass is 9.98. The van der Waals surface area contributed by atoms with Crippen molar-refractivity contribution in [2.45, 2.75) is 44.1 Å². The van der Waals surface area contributed by atoms with Gasteiger partial charge in [0.25, 0.3) is 0 Å². The second-order valence-corrected chi connectivity index (χ2v) is 4.72. The molecule has 90 valence electrons. The summed E-state index contributed by atoms with van der Waals surface area (Å²) in [6.45, 7) is 1.50. The molecule has 16 heavy (non-hydrogen) atoms. The quantitative estimate of drug-likeness (QED) is 0.743. The van der Waals surface area contributed by atoms with Gasteiger partial charge in [-0.2, -0.15) is 0 Å². The first-order valence-corrected chi connectivity index (χ1v) is 5.95. The maximum Gasteiger partial charge on any atom is 0.329 e. The second-order valence-electron chi connectivity index (χ2n) is 4.72. The molecule has 2 fully saturated rings. The van der Waals surface area contributed by atoms with E-state index in [-0.39, 0.29) is 6.03 Å². The van der Waals surface area contributed by atoms with Crippen molar-refractivity contribution in [3.8, 4) is 0 Å². The Balaban J connectivity index is 2.00. The number of carboxylic acid groups (broad SMARTS) is 1. The van der Waals surface area contributed by atoms with Crippen LogP contribution in [0.5, 0.6) is 0 Å². The van der Waals surface area contributed by atoms with Crippen LogP contribution in [0.2, 0.25) is 0 Å². The lowest BCUT2D eigenvalue weighted by Crippen LogP contribution is -2.55. The van der Waals surface area contributed by atoms with E-state index in [0.717, 1.165) is 38.8 Å². The first-order chi connectivity index (χ1) is 7.64. The van der Waals surface area contributed by atoms with Gasteiger partial charge < -0.3 is 15.3 Å². The minimum Gasteiger partial charge on any atom is -0.480 e. The van der Waals surface area contributed by atoms with E-state index in [2.05, 4.69) is 5.32 Å². The van der Waals surface area contributed by atoms with E-state index in [1.54, 1.807) is 4.90 Å². The lowest BCUT2D eigenvalue weighted by Gasteiger charge is -2.28. The highest BCUT2D eigenvalue weighted by Crippen LogP contribution is 2.30. The van der Waals surface area contributed by atoms with Crippen LogP contribution in [0, 0.1) is 0 Å². The standard InChI is InChI=1S/C11H18N2O3/c14-9(15)11(5-1-2-6-11)12-10(16)13-7-3-4-8-13/h1-8H2,(H,12,16)(H,14,15). The average Bonchev–Trinajstić information content (AvgIpc) is 2.88. The highest BCUT2D eigenvalue weighted by atomic mass is 16.4. The van der Waals surface area contributed by atoms with Gasteiger partial charge in [-0.25, -0.2) is 9.59 Å². The van der Waals surface area contributed by atoms with E-state index in [4.69, 9.17) is 0 Å². The molecule has 1 aliphatic heterocycles. The molecule has 1 heterocycles.